The van der Waals surface area contributed by atoms with Crippen LogP contribution in [0.1, 0.15) is 6.42 Å². The average Bonchev–Trinajstić information content (AvgIpc) is 2.46. The van der Waals surface area contributed by atoms with Crippen LogP contribution >= 0.6 is 0 Å². The second-order valence-corrected chi connectivity index (χ2v) is 3.62. The van der Waals surface area contributed by atoms with Crippen LogP contribution in [0.2, 0.25) is 0 Å². The summed E-state index contributed by atoms with van der Waals surface area (Å²) in [5, 5.41) is 12.1. The van der Waals surface area contributed by atoms with Crippen LogP contribution in [-0.4, -0.2) is 48.2 Å². The van der Waals surface area contributed by atoms with Crippen molar-refractivity contribution in [2.75, 3.05) is 26.2 Å². The molecule has 2 N–H and O–H groups in total. The third kappa shape index (κ3) is 1.32. The largest absolute Gasteiger partial charge is 0.481 e. The van der Waals surface area contributed by atoms with Gasteiger partial charge >= 0.3 is 5.97 Å². The van der Waals surface area contributed by atoms with E-state index in [0.29, 0.717) is 6.04 Å². The Morgan fingerprint density at radius 1 is 1.58 bits per heavy atom. The minimum atomic E-state index is -0.635. The van der Waals surface area contributed by atoms with Crippen molar-refractivity contribution in [1.29, 1.82) is 0 Å². The molecule has 0 unspecified atom stereocenters. The lowest BCUT2D eigenvalue weighted by molar-refractivity contribution is -0.141. The summed E-state index contributed by atoms with van der Waals surface area (Å²) in [6, 6.07) is 0.472. The molecule has 0 aromatic heterocycles. The van der Waals surface area contributed by atoms with Gasteiger partial charge in [0.25, 0.3) is 0 Å². The molecule has 0 aromatic rings. The molecular formula is C8H14N2O2. The van der Waals surface area contributed by atoms with Crippen LogP contribution in [0.25, 0.3) is 0 Å². The minimum absolute atomic E-state index is 0.130. The summed E-state index contributed by atoms with van der Waals surface area (Å²) in [5.74, 6) is -0.765. The Hall–Kier alpha value is -0.610. The number of hydrogen-bond donors (Lipinski definition) is 2. The Balaban J connectivity index is 1.98. The van der Waals surface area contributed by atoms with Crippen molar-refractivity contribution >= 4 is 5.97 Å². The van der Waals surface area contributed by atoms with E-state index < -0.39 is 5.97 Å². The van der Waals surface area contributed by atoms with E-state index in [0.717, 1.165) is 32.6 Å². The van der Waals surface area contributed by atoms with Crippen LogP contribution in [-0.2, 0) is 4.79 Å². The number of nitrogens with one attached hydrogen (secondary N) is 1. The lowest BCUT2D eigenvalue weighted by Crippen LogP contribution is -2.47. The van der Waals surface area contributed by atoms with Gasteiger partial charge in [0.15, 0.2) is 0 Å². The summed E-state index contributed by atoms with van der Waals surface area (Å²) in [6.45, 7) is 3.72. The highest BCUT2D eigenvalue weighted by Crippen LogP contribution is 2.23. The molecular weight excluding hydrogens is 156 g/mol. The van der Waals surface area contributed by atoms with E-state index in [2.05, 4.69) is 10.2 Å². The normalized spacial score (nSPS) is 36.3. The highest BCUT2D eigenvalue weighted by Gasteiger charge is 2.36. The van der Waals surface area contributed by atoms with E-state index in [-0.39, 0.29) is 5.92 Å². The predicted molar refractivity (Wildman–Crippen MR) is 44.0 cm³/mol. The first-order chi connectivity index (χ1) is 5.77. The molecule has 0 spiro atoms. The zero-order valence-electron chi connectivity index (χ0n) is 6.99. The Bertz CT molecular complexity index is 181. The molecule has 0 aliphatic carbocycles. The maximum atomic E-state index is 10.7. The van der Waals surface area contributed by atoms with Gasteiger partial charge < -0.3 is 10.4 Å². The van der Waals surface area contributed by atoms with Gasteiger partial charge in [-0.15, -0.1) is 0 Å². The van der Waals surface area contributed by atoms with Gasteiger partial charge in [-0.25, -0.2) is 0 Å². The Morgan fingerprint density at radius 2 is 2.42 bits per heavy atom. The quantitative estimate of drug-likeness (QED) is 0.550. The van der Waals surface area contributed by atoms with Gasteiger partial charge in [0, 0.05) is 32.2 Å². The van der Waals surface area contributed by atoms with Crippen LogP contribution in [0.4, 0.5) is 0 Å². The second kappa shape index (κ2) is 3.03. The number of fused-ring (bicyclic) bond motifs is 1. The summed E-state index contributed by atoms with van der Waals surface area (Å²) < 4.78 is 0. The molecule has 2 aliphatic heterocycles. The smallest absolute Gasteiger partial charge is 0.307 e. The Kier molecular flexibility index (Phi) is 2.02. The van der Waals surface area contributed by atoms with Crippen molar-refractivity contribution in [3.63, 3.8) is 0 Å². The number of rotatable bonds is 1. The standard InChI is InChI=1S/C8H14N2O2/c11-8(12)6-3-7-4-9-1-2-10(7)5-6/h6-7,9H,1-5H2,(H,11,12)/t6-,7-/m1/s1. The SMILES string of the molecule is O=C(O)[C@@H]1C[C@@H]2CNCCN2C1. The molecule has 12 heavy (non-hydrogen) atoms. The Morgan fingerprint density at radius 3 is 3.08 bits per heavy atom. The molecule has 2 fully saturated rings. The Labute approximate surface area is 71.5 Å². The number of carboxylic acids is 1. The van der Waals surface area contributed by atoms with Crippen molar-refractivity contribution in [1.82, 2.24) is 10.2 Å². The number of nitrogens with zero attached hydrogens (tertiary/aromatic N) is 1. The van der Waals surface area contributed by atoms with Crippen LogP contribution < -0.4 is 5.32 Å². The highest BCUT2D eigenvalue weighted by atomic mass is 16.4. The van der Waals surface area contributed by atoms with Crippen LogP contribution in [0.3, 0.4) is 0 Å². The van der Waals surface area contributed by atoms with Gasteiger partial charge in [-0.3, -0.25) is 9.69 Å². The maximum Gasteiger partial charge on any atom is 0.307 e. The summed E-state index contributed by atoms with van der Waals surface area (Å²) in [4.78, 5) is 13.0. The zero-order valence-corrected chi connectivity index (χ0v) is 6.99. The van der Waals surface area contributed by atoms with Crippen LogP contribution in [0.15, 0.2) is 0 Å². The fourth-order valence-corrected chi connectivity index (χ4v) is 2.14. The summed E-state index contributed by atoms with van der Waals surface area (Å²) >= 11 is 0. The second-order valence-electron chi connectivity index (χ2n) is 3.62. The molecule has 0 amide bonds. The molecule has 2 atom stereocenters. The molecule has 68 valence electrons. The molecule has 4 nitrogen and oxygen atoms in total. The predicted octanol–water partition coefficient (Wildman–Crippen LogP) is -0.635. The van der Waals surface area contributed by atoms with E-state index in [9.17, 15) is 4.79 Å². The molecule has 2 aliphatic rings. The first kappa shape index (κ1) is 8.01. The highest BCUT2D eigenvalue weighted by molar-refractivity contribution is 5.70. The first-order valence-electron chi connectivity index (χ1n) is 4.45. The van der Waals surface area contributed by atoms with Gasteiger partial charge in [-0.05, 0) is 6.42 Å². The number of piperazine rings is 1. The molecule has 0 aromatic carbocycles. The third-order valence-corrected chi connectivity index (χ3v) is 2.83. The zero-order chi connectivity index (χ0) is 8.55. The topological polar surface area (TPSA) is 52.6 Å². The van der Waals surface area contributed by atoms with E-state index >= 15 is 0 Å². The monoisotopic (exact) mass is 170 g/mol. The van der Waals surface area contributed by atoms with Gasteiger partial charge in [-0.2, -0.15) is 0 Å². The van der Waals surface area contributed by atoms with Gasteiger partial charge in [0.2, 0.25) is 0 Å². The first-order valence-corrected chi connectivity index (χ1v) is 4.45. The molecule has 0 saturated carbocycles. The molecule has 4 heteroatoms. The van der Waals surface area contributed by atoms with E-state index in [1.807, 2.05) is 0 Å². The molecule has 2 saturated heterocycles. The van der Waals surface area contributed by atoms with Crippen molar-refractivity contribution in [3.05, 3.63) is 0 Å². The lowest BCUT2D eigenvalue weighted by Gasteiger charge is -2.29. The van der Waals surface area contributed by atoms with Gasteiger partial charge in [0.1, 0.15) is 0 Å². The molecule has 0 radical (unpaired) electrons. The molecule has 2 rings (SSSR count). The van der Waals surface area contributed by atoms with E-state index in [4.69, 9.17) is 5.11 Å². The van der Waals surface area contributed by atoms with Gasteiger partial charge in [-0.1, -0.05) is 0 Å². The average molecular weight is 170 g/mol. The number of carboxylic acid groups (broad SMARTS) is 1. The minimum Gasteiger partial charge on any atom is -0.481 e. The summed E-state index contributed by atoms with van der Waals surface area (Å²) in [7, 11) is 0. The fraction of sp³-hybridized carbons (Fsp3) is 0.875. The molecule has 2 heterocycles. The number of aliphatic carboxylic acids is 1. The van der Waals surface area contributed by atoms with Crippen molar-refractivity contribution in [3.8, 4) is 0 Å². The van der Waals surface area contributed by atoms with E-state index in [1.54, 1.807) is 0 Å². The van der Waals surface area contributed by atoms with Crippen LogP contribution in [0, 0.1) is 5.92 Å². The third-order valence-electron chi connectivity index (χ3n) is 2.83. The lowest BCUT2D eigenvalue weighted by atomic mass is 10.1. The number of carbonyl (C=O) groups is 1. The fourth-order valence-electron chi connectivity index (χ4n) is 2.14. The van der Waals surface area contributed by atoms with Crippen molar-refractivity contribution in [2.24, 2.45) is 5.92 Å². The maximum absolute atomic E-state index is 10.7. The summed E-state index contributed by atoms with van der Waals surface area (Å²) in [5.41, 5.74) is 0. The van der Waals surface area contributed by atoms with Crippen LogP contribution in [0.5, 0.6) is 0 Å². The van der Waals surface area contributed by atoms with Crippen molar-refractivity contribution < 1.29 is 9.90 Å². The van der Waals surface area contributed by atoms with E-state index in [1.165, 1.54) is 0 Å². The number of hydrogen-bond acceptors (Lipinski definition) is 3. The van der Waals surface area contributed by atoms with Crippen molar-refractivity contribution in [2.45, 2.75) is 12.5 Å². The van der Waals surface area contributed by atoms with Gasteiger partial charge in [0.05, 0.1) is 5.92 Å². The molecule has 0 bridgehead atoms. The summed E-state index contributed by atoms with van der Waals surface area (Å²) in [6.07, 6.45) is 0.822.